The van der Waals surface area contributed by atoms with Crippen molar-refractivity contribution >= 4 is 29.1 Å². The molecule has 3 N–H and O–H groups in total. The van der Waals surface area contributed by atoms with E-state index in [4.69, 9.17) is 4.74 Å². The number of rotatable bonds is 12. The van der Waals surface area contributed by atoms with Crippen LogP contribution in [0.2, 0.25) is 0 Å². The fraction of sp³-hybridized carbons (Fsp3) is 0.625. The second-order valence-corrected chi connectivity index (χ2v) is 14.1. The zero-order valence-corrected chi connectivity index (χ0v) is 27.1. The van der Waals surface area contributed by atoms with E-state index in [9.17, 15) is 19.5 Å². The number of nitrogens with zero attached hydrogens (tertiary/aromatic N) is 2. The molecule has 1 saturated heterocycles. The highest BCUT2D eigenvalue weighted by Crippen LogP contribution is 2.30. The quantitative estimate of drug-likeness (QED) is 0.306. The van der Waals surface area contributed by atoms with Crippen LogP contribution in [-0.2, 0) is 19.1 Å². The monoisotopic (exact) mass is 600 g/mol. The molecule has 2 heterocycles. The second-order valence-electron chi connectivity index (χ2n) is 13.3. The number of aromatic nitrogens is 1. The van der Waals surface area contributed by atoms with E-state index in [0.29, 0.717) is 13.2 Å². The molecule has 0 aliphatic carbocycles. The maximum absolute atomic E-state index is 13.9. The Morgan fingerprint density at radius 3 is 2.38 bits per heavy atom. The number of aliphatic hydroxyl groups excluding tert-OH is 1. The maximum Gasteiger partial charge on any atom is 0.246 e. The van der Waals surface area contributed by atoms with Gasteiger partial charge in [0, 0.05) is 26.0 Å². The van der Waals surface area contributed by atoms with Crippen LogP contribution < -0.4 is 10.6 Å². The number of likely N-dealkylation sites (tertiary alicyclic amines) is 1. The van der Waals surface area contributed by atoms with E-state index in [0.717, 1.165) is 28.1 Å². The average Bonchev–Trinajstić information content (AvgIpc) is 3.51. The lowest BCUT2D eigenvalue weighted by Crippen LogP contribution is -2.58. The summed E-state index contributed by atoms with van der Waals surface area (Å²) in [7, 11) is 0. The minimum atomic E-state index is -0.863. The average molecular weight is 601 g/mol. The standard InChI is InChI=1S/C32H48N4O5S/c1-9-14-41-18-32(7,8)16-26(38)35-28(31(4,5)6)30(40)36-17-24(37)15-25(36)29(39)34-20(2)22-10-12-23(13-11-22)27-21(3)33-19-42-27/h10-13,19-20,24-25,28,37H,9,14-18H2,1-8H3,(H,34,39)(H,35,38)/t20-,24+,25-,28+/m0/s1. The minimum Gasteiger partial charge on any atom is -0.391 e. The molecular formula is C32H48N4O5S. The molecule has 1 aromatic carbocycles. The van der Waals surface area contributed by atoms with Crippen molar-refractivity contribution in [1.29, 1.82) is 0 Å². The first kappa shape index (κ1) is 33.7. The van der Waals surface area contributed by atoms with Crippen LogP contribution in [0.15, 0.2) is 29.8 Å². The van der Waals surface area contributed by atoms with Gasteiger partial charge in [0.15, 0.2) is 0 Å². The van der Waals surface area contributed by atoms with Gasteiger partial charge >= 0.3 is 0 Å². The summed E-state index contributed by atoms with van der Waals surface area (Å²) >= 11 is 1.59. The van der Waals surface area contributed by atoms with Crippen molar-refractivity contribution in [2.24, 2.45) is 10.8 Å². The van der Waals surface area contributed by atoms with Gasteiger partial charge in [0.05, 0.1) is 34.8 Å². The lowest BCUT2D eigenvalue weighted by molar-refractivity contribution is -0.144. The smallest absolute Gasteiger partial charge is 0.246 e. The van der Waals surface area contributed by atoms with Crippen LogP contribution in [0.1, 0.15) is 85.0 Å². The first-order valence-corrected chi connectivity index (χ1v) is 15.7. The number of aliphatic hydroxyl groups is 1. The summed E-state index contributed by atoms with van der Waals surface area (Å²) in [5.41, 5.74) is 3.79. The molecule has 10 heteroatoms. The summed E-state index contributed by atoms with van der Waals surface area (Å²) < 4.78 is 5.66. The number of benzene rings is 1. The van der Waals surface area contributed by atoms with Gasteiger partial charge in [-0.3, -0.25) is 14.4 Å². The van der Waals surface area contributed by atoms with Gasteiger partial charge < -0.3 is 25.4 Å². The summed E-state index contributed by atoms with van der Waals surface area (Å²) in [6.45, 7) is 16.6. The molecule has 1 aromatic heterocycles. The number of carbonyl (C=O) groups is 3. The Morgan fingerprint density at radius 1 is 1.14 bits per heavy atom. The van der Waals surface area contributed by atoms with E-state index in [1.165, 1.54) is 4.90 Å². The second kappa shape index (κ2) is 14.1. The Morgan fingerprint density at radius 2 is 1.81 bits per heavy atom. The Kier molecular flexibility index (Phi) is 11.3. The highest BCUT2D eigenvalue weighted by molar-refractivity contribution is 7.13. The number of aryl methyl sites for hydroxylation is 1. The van der Waals surface area contributed by atoms with Crippen molar-refractivity contribution in [3.8, 4) is 10.4 Å². The molecule has 0 spiro atoms. The van der Waals surface area contributed by atoms with E-state index in [-0.39, 0.29) is 43.1 Å². The number of hydrogen-bond donors (Lipinski definition) is 3. The number of amides is 3. The lowest BCUT2D eigenvalue weighted by Gasteiger charge is -2.36. The zero-order chi connectivity index (χ0) is 31.2. The molecule has 4 atom stereocenters. The minimum absolute atomic E-state index is 0.0347. The third-order valence-electron chi connectivity index (χ3n) is 7.54. The van der Waals surface area contributed by atoms with Crippen molar-refractivity contribution in [2.75, 3.05) is 19.8 Å². The molecule has 1 fully saturated rings. The van der Waals surface area contributed by atoms with Crippen LogP contribution >= 0.6 is 11.3 Å². The molecule has 0 bridgehead atoms. The van der Waals surface area contributed by atoms with Gasteiger partial charge in [0.25, 0.3) is 0 Å². The molecule has 232 valence electrons. The third-order valence-corrected chi connectivity index (χ3v) is 8.52. The Labute approximate surface area is 254 Å². The zero-order valence-electron chi connectivity index (χ0n) is 26.3. The third kappa shape index (κ3) is 8.84. The Balaban J connectivity index is 1.69. The van der Waals surface area contributed by atoms with Gasteiger partial charge in [-0.2, -0.15) is 0 Å². The molecule has 0 radical (unpaired) electrons. The van der Waals surface area contributed by atoms with Crippen molar-refractivity contribution in [1.82, 2.24) is 20.5 Å². The van der Waals surface area contributed by atoms with Crippen molar-refractivity contribution in [3.63, 3.8) is 0 Å². The number of β-amino-alcohol motifs (C(OH)–C–C–N with tert-alkyl or cyclic N) is 1. The molecule has 1 aliphatic heterocycles. The summed E-state index contributed by atoms with van der Waals surface area (Å²) in [6.07, 6.45) is 0.410. The highest BCUT2D eigenvalue weighted by Gasteiger charge is 2.45. The van der Waals surface area contributed by atoms with Crippen LogP contribution in [0.25, 0.3) is 10.4 Å². The molecule has 1 aliphatic rings. The van der Waals surface area contributed by atoms with Crippen LogP contribution in [0.3, 0.4) is 0 Å². The van der Waals surface area contributed by atoms with E-state index < -0.39 is 29.0 Å². The van der Waals surface area contributed by atoms with Gasteiger partial charge in [-0.15, -0.1) is 11.3 Å². The predicted octanol–water partition coefficient (Wildman–Crippen LogP) is 4.63. The fourth-order valence-corrected chi connectivity index (χ4v) is 6.02. The van der Waals surface area contributed by atoms with Gasteiger partial charge in [0.1, 0.15) is 12.1 Å². The van der Waals surface area contributed by atoms with Gasteiger partial charge in [0.2, 0.25) is 17.7 Å². The van der Waals surface area contributed by atoms with Crippen molar-refractivity contribution < 1.29 is 24.2 Å². The van der Waals surface area contributed by atoms with Gasteiger partial charge in [-0.25, -0.2) is 4.98 Å². The molecular weight excluding hydrogens is 552 g/mol. The SMILES string of the molecule is CCCOCC(C)(C)CC(=O)N[C@H](C(=O)N1C[C@H](O)C[C@H]1C(=O)N[C@@H](C)c1ccc(-c2scnc2C)cc1)C(C)(C)C. The molecule has 2 aromatic rings. The van der Waals surface area contributed by atoms with Crippen LogP contribution in [0.5, 0.6) is 0 Å². The lowest BCUT2D eigenvalue weighted by atomic mass is 9.84. The van der Waals surface area contributed by atoms with Gasteiger partial charge in [-0.05, 0) is 42.2 Å². The molecule has 3 amide bonds. The largest absolute Gasteiger partial charge is 0.391 e. The van der Waals surface area contributed by atoms with Crippen molar-refractivity contribution in [3.05, 3.63) is 41.0 Å². The number of carbonyl (C=O) groups excluding carboxylic acids is 3. The topological polar surface area (TPSA) is 121 Å². The molecule has 9 nitrogen and oxygen atoms in total. The first-order chi connectivity index (χ1) is 19.6. The number of hydrogen-bond acceptors (Lipinski definition) is 7. The number of ether oxygens (including phenoxy) is 1. The van der Waals surface area contributed by atoms with Crippen LogP contribution in [0, 0.1) is 17.8 Å². The summed E-state index contributed by atoms with van der Waals surface area (Å²) in [4.78, 5) is 47.3. The Hall–Kier alpha value is -2.82. The van der Waals surface area contributed by atoms with Gasteiger partial charge in [-0.1, -0.05) is 65.8 Å². The number of thiazole rings is 1. The number of nitrogens with one attached hydrogen (secondary N) is 2. The fourth-order valence-electron chi connectivity index (χ4n) is 5.21. The first-order valence-electron chi connectivity index (χ1n) is 14.8. The van der Waals surface area contributed by atoms with E-state index >= 15 is 0 Å². The van der Waals surface area contributed by atoms with Crippen LogP contribution in [-0.4, -0.2) is 70.7 Å². The summed E-state index contributed by atoms with van der Waals surface area (Å²) in [5, 5.41) is 16.5. The van der Waals surface area contributed by atoms with E-state index in [1.807, 2.05) is 85.2 Å². The molecule has 0 unspecified atom stereocenters. The maximum atomic E-state index is 13.9. The highest BCUT2D eigenvalue weighted by atomic mass is 32.1. The normalized spacial score (nSPS) is 18.9. The van der Waals surface area contributed by atoms with E-state index in [2.05, 4.69) is 15.6 Å². The van der Waals surface area contributed by atoms with E-state index in [1.54, 1.807) is 11.3 Å². The molecule has 42 heavy (non-hydrogen) atoms. The van der Waals surface area contributed by atoms with Crippen LogP contribution in [0.4, 0.5) is 0 Å². The predicted molar refractivity (Wildman–Crippen MR) is 166 cm³/mol. The molecule has 0 saturated carbocycles. The summed E-state index contributed by atoms with van der Waals surface area (Å²) in [5.74, 6) is -0.952. The molecule has 3 rings (SSSR count). The Bertz CT molecular complexity index is 1220. The summed E-state index contributed by atoms with van der Waals surface area (Å²) in [6, 6.07) is 5.98. The van der Waals surface area contributed by atoms with Crippen molar-refractivity contribution in [2.45, 2.75) is 98.9 Å².